The molecule has 22 heavy (non-hydrogen) atoms. The Morgan fingerprint density at radius 3 is 2.55 bits per heavy atom. The first-order chi connectivity index (χ1) is 10.7. The summed E-state index contributed by atoms with van der Waals surface area (Å²) in [5.41, 5.74) is 1.22. The Kier molecular flexibility index (Phi) is 5.23. The first kappa shape index (κ1) is 15.6. The maximum Gasteiger partial charge on any atom is 0.225 e. The number of hydrogen-bond acceptors (Lipinski definition) is 6. The molecule has 0 aliphatic carbocycles. The lowest BCUT2D eigenvalue weighted by atomic mass is 10.1. The van der Waals surface area contributed by atoms with Crippen molar-refractivity contribution in [2.75, 3.05) is 58.3 Å². The van der Waals surface area contributed by atoms with E-state index in [1.807, 2.05) is 12.4 Å². The van der Waals surface area contributed by atoms with Crippen LogP contribution in [0, 0.1) is 0 Å². The van der Waals surface area contributed by atoms with Crippen LogP contribution in [-0.2, 0) is 6.54 Å². The molecule has 0 bridgehead atoms. The van der Waals surface area contributed by atoms with Crippen LogP contribution in [0.2, 0.25) is 0 Å². The predicted molar refractivity (Wildman–Crippen MR) is 89.1 cm³/mol. The van der Waals surface area contributed by atoms with Crippen molar-refractivity contribution in [2.45, 2.75) is 25.4 Å². The van der Waals surface area contributed by atoms with Gasteiger partial charge >= 0.3 is 0 Å². The largest absolute Gasteiger partial charge is 0.338 e. The molecule has 1 N–H and O–H groups in total. The molecule has 0 aromatic carbocycles. The maximum atomic E-state index is 4.59. The van der Waals surface area contributed by atoms with Gasteiger partial charge in [0, 0.05) is 63.3 Å². The Morgan fingerprint density at radius 1 is 1.14 bits per heavy atom. The highest BCUT2D eigenvalue weighted by Gasteiger charge is 2.19. The van der Waals surface area contributed by atoms with Gasteiger partial charge < -0.3 is 15.1 Å². The van der Waals surface area contributed by atoms with E-state index in [0.29, 0.717) is 6.04 Å². The summed E-state index contributed by atoms with van der Waals surface area (Å²) >= 11 is 0. The Bertz CT molecular complexity index is 454. The van der Waals surface area contributed by atoms with Gasteiger partial charge in [-0.05, 0) is 33.5 Å². The van der Waals surface area contributed by atoms with Crippen molar-refractivity contribution in [3.8, 4) is 0 Å². The minimum Gasteiger partial charge on any atom is -0.338 e. The fourth-order valence-corrected chi connectivity index (χ4v) is 3.29. The smallest absolute Gasteiger partial charge is 0.225 e. The van der Waals surface area contributed by atoms with E-state index in [1.54, 1.807) is 0 Å². The molecule has 6 nitrogen and oxygen atoms in total. The standard InChI is InChI=1S/C16H28N6/c1-17-15-4-3-5-21(13-15)12-14-10-18-16(19-11-14)22-8-6-20(2)7-9-22/h10-11,15,17H,3-9,12-13H2,1-2H3. The van der Waals surface area contributed by atoms with E-state index >= 15 is 0 Å². The van der Waals surface area contributed by atoms with Gasteiger partial charge in [0.2, 0.25) is 5.95 Å². The number of aromatic nitrogens is 2. The van der Waals surface area contributed by atoms with Gasteiger partial charge in [-0.2, -0.15) is 0 Å². The Hall–Kier alpha value is -1.24. The van der Waals surface area contributed by atoms with Gasteiger partial charge in [0.1, 0.15) is 0 Å². The van der Waals surface area contributed by atoms with Gasteiger partial charge in [-0.1, -0.05) is 0 Å². The van der Waals surface area contributed by atoms with E-state index < -0.39 is 0 Å². The van der Waals surface area contributed by atoms with Crippen LogP contribution >= 0.6 is 0 Å². The molecule has 1 aromatic heterocycles. The Morgan fingerprint density at radius 2 is 1.86 bits per heavy atom. The zero-order valence-corrected chi connectivity index (χ0v) is 13.8. The lowest BCUT2D eigenvalue weighted by molar-refractivity contribution is 0.187. The summed E-state index contributed by atoms with van der Waals surface area (Å²) in [7, 11) is 4.22. The predicted octanol–water partition coefficient (Wildman–Crippen LogP) is 0.412. The van der Waals surface area contributed by atoms with Crippen LogP contribution in [0.25, 0.3) is 0 Å². The van der Waals surface area contributed by atoms with Gasteiger partial charge in [0.05, 0.1) is 0 Å². The highest BCUT2D eigenvalue weighted by atomic mass is 15.3. The first-order valence-corrected chi connectivity index (χ1v) is 8.38. The van der Waals surface area contributed by atoms with Gasteiger partial charge in [-0.15, -0.1) is 0 Å². The zero-order chi connectivity index (χ0) is 15.4. The topological polar surface area (TPSA) is 47.5 Å². The summed E-state index contributed by atoms with van der Waals surface area (Å²) in [6.45, 7) is 7.47. The summed E-state index contributed by atoms with van der Waals surface area (Å²) in [5, 5.41) is 3.39. The van der Waals surface area contributed by atoms with E-state index in [1.165, 1.54) is 24.9 Å². The van der Waals surface area contributed by atoms with Crippen molar-refractivity contribution in [1.82, 2.24) is 25.1 Å². The Labute approximate surface area is 133 Å². The molecule has 0 radical (unpaired) electrons. The third-order valence-corrected chi connectivity index (χ3v) is 4.80. The number of piperazine rings is 1. The zero-order valence-electron chi connectivity index (χ0n) is 13.8. The molecule has 2 fully saturated rings. The van der Waals surface area contributed by atoms with Crippen LogP contribution in [-0.4, -0.2) is 79.2 Å². The minimum absolute atomic E-state index is 0.624. The number of hydrogen-bond donors (Lipinski definition) is 1. The van der Waals surface area contributed by atoms with Crippen LogP contribution < -0.4 is 10.2 Å². The number of rotatable bonds is 4. The lowest BCUT2D eigenvalue weighted by Gasteiger charge is -2.33. The van der Waals surface area contributed by atoms with Crippen LogP contribution in [0.15, 0.2) is 12.4 Å². The molecule has 1 aromatic rings. The fraction of sp³-hybridized carbons (Fsp3) is 0.750. The lowest BCUT2D eigenvalue weighted by Crippen LogP contribution is -2.45. The number of nitrogens with zero attached hydrogens (tertiary/aromatic N) is 5. The SMILES string of the molecule is CNC1CCCN(Cc2cnc(N3CCN(C)CC3)nc2)C1. The third kappa shape index (κ3) is 3.94. The quantitative estimate of drug-likeness (QED) is 0.869. The van der Waals surface area contributed by atoms with Gasteiger partial charge in [-0.25, -0.2) is 9.97 Å². The molecule has 0 saturated carbocycles. The second-order valence-electron chi connectivity index (χ2n) is 6.54. The number of piperidine rings is 1. The van der Waals surface area contributed by atoms with Gasteiger partial charge in [0.15, 0.2) is 0 Å². The van der Waals surface area contributed by atoms with Crippen LogP contribution in [0.3, 0.4) is 0 Å². The molecule has 2 saturated heterocycles. The molecule has 0 amide bonds. The molecule has 2 aliphatic rings. The number of nitrogens with one attached hydrogen (secondary N) is 1. The molecule has 1 atom stereocenters. The maximum absolute atomic E-state index is 4.59. The molecule has 3 heterocycles. The number of likely N-dealkylation sites (N-methyl/N-ethyl adjacent to an activating group) is 2. The monoisotopic (exact) mass is 304 g/mol. The average Bonchev–Trinajstić information content (AvgIpc) is 2.57. The van der Waals surface area contributed by atoms with Crippen molar-refractivity contribution in [1.29, 1.82) is 0 Å². The summed E-state index contributed by atoms with van der Waals surface area (Å²) in [4.78, 5) is 16.3. The second-order valence-corrected chi connectivity index (χ2v) is 6.54. The molecular weight excluding hydrogens is 276 g/mol. The van der Waals surface area contributed by atoms with Crippen molar-refractivity contribution in [3.63, 3.8) is 0 Å². The molecule has 6 heteroatoms. The van der Waals surface area contributed by atoms with Gasteiger partial charge in [-0.3, -0.25) is 4.90 Å². The van der Waals surface area contributed by atoms with E-state index in [-0.39, 0.29) is 0 Å². The van der Waals surface area contributed by atoms with E-state index in [4.69, 9.17) is 0 Å². The third-order valence-electron chi connectivity index (χ3n) is 4.80. The Balaban J connectivity index is 1.55. The number of likely N-dealkylation sites (tertiary alicyclic amines) is 1. The highest BCUT2D eigenvalue weighted by molar-refractivity contribution is 5.30. The van der Waals surface area contributed by atoms with E-state index in [9.17, 15) is 0 Å². The van der Waals surface area contributed by atoms with Crippen LogP contribution in [0.5, 0.6) is 0 Å². The molecule has 3 rings (SSSR count). The van der Waals surface area contributed by atoms with E-state index in [2.05, 4.69) is 44.1 Å². The minimum atomic E-state index is 0.624. The van der Waals surface area contributed by atoms with Crippen molar-refractivity contribution >= 4 is 5.95 Å². The van der Waals surface area contributed by atoms with Crippen molar-refractivity contribution in [2.24, 2.45) is 0 Å². The number of anilines is 1. The molecule has 122 valence electrons. The summed E-state index contributed by atoms with van der Waals surface area (Å²) in [6.07, 6.45) is 6.56. The molecular formula is C16H28N6. The normalized spacial score (nSPS) is 24.6. The van der Waals surface area contributed by atoms with Gasteiger partial charge in [0.25, 0.3) is 0 Å². The fourth-order valence-electron chi connectivity index (χ4n) is 3.29. The van der Waals surface area contributed by atoms with Crippen molar-refractivity contribution < 1.29 is 0 Å². The summed E-state index contributed by atoms with van der Waals surface area (Å²) < 4.78 is 0. The van der Waals surface area contributed by atoms with Crippen LogP contribution in [0.4, 0.5) is 5.95 Å². The highest BCUT2D eigenvalue weighted by Crippen LogP contribution is 2.14. The van der Waals surface area contributed by atoms with Crippen molar-refractivity contribution in [3.05, 3.63) is 18.0 Å². The summed E-state index contributed by atoms with van der Waals surface area (Å²) in [5.74, 6) is 0.878. The molecule has 0 spiro atoms. The summed E-state index contributed by atoms with van der Waals surface area (Å²) in [6, 6.07) is 0.624. The molecule has 1 unspecified atom stereocenters. The van der Waals surface area contributed by atoms with E-state index in [0.717, 1.165) is 45.2 Å². The average molecular weight is 304 g/mol. The van der Waals surface area contributed by atoms with Crippen LogP contribution in [0.1, 0.15) is 18.4 Å². The second kappa shape index (κ2) is 7.35. The first-order valence-electron chi connectivity index (χ1n) is 8.38. The molecule has 2 aliphatic heterocycles.